The lowest BCUT2D eigenvalue weighted by Crippen LogP contribution is -2.08. The van der Waals surface area contributed by atoms with Gasteiger partial charge in [-0.15, -0.1) is 0 Å². The van der Waals surface area contributed by atoms with Gasteiger partial charge in [-0.25, -0.2) is 8.42 Å². The van der Waals surface area contributed by atoms with Crippen LogP contribution >= 0.6 is 0 Å². The van der Waals surface area contributed by atoms with E-state index < -0.39 is 9.84 Å². The average Bonchev–Trinajstić information content (AvgIpc) is 2.44. The highest BCUT2D eigenvalue weighted by Crippen LogP contribution is 2.20. The number of nitrogens with one attached hydrogen (secondary N) is 1. The zero-order valence-electron chi connectivity index (χ0n) is 11.5. The van der Waals surface area contributed by atoms with E-state index in [0.717, 1.165) is 19.4 Å². The minimum atomic E-state index is -3.19. The summed E-state index contributed by atoms with van der Waals surface area (Å²) in [4.78, 5) is 0.361. The fraction of sp³-hybridized carbons (Fsp3) is 0.250. The third-order valence-corrected chi connectivity index (χ3v) is 4.24. The van der Waals surface area contributed by atoms with Crippen molar-refractivity contribution in [2.45, 2.75) is 17.7 Å². The van der Waals surface area contributed by atoms with Gasteiger partial charge in [0.05, 0.1) is 10.6 Å². The van der Waals surface area contributed by atoms with E-state index in [2.05, 4.69) is 17.4 Å². The largest absolute Gasteiger partial charge is 0.384 e. The summed E-state index contributed by atoms with van der Waals surface area (Å²) in [6, 6.07) is 17.3. The second-order valence-electron chi connectivity index (χ2n) is 4.78. The Balaban J connectivity index is 1.92. The van der Waals surface area contributed by atoms with Gasteiger partial charge in [-0.05, 0) is 30.5 Å². The Kier molecular flexibility index (Phi) is 4.79. The molecule has 0 radical (unpaired) electrons. The molecule has 0 atom stereocenters. The summed E-state index contributed by atoms with van der Waals surface area (Å²) in [5.74, 6) is 0. The highest BCUT2D eigenvalue weighted by Gasteiger charge is 2.11. The van der Waals surface area contributed by atoms with Crippen molar-refractivity contribution in [1.29, 1.82) is 0 Å². The average molecular weight is 289 g/mol. The Morgan fingerprint density at radius 3 is 2.30 bits per heavy atom. The number of sulfone groups is 1. The van der Waals surface area contributed by atoms with E-state index in [1.54, 1.807) is 18.2 Å². The SMILES string of the molecule is CS(=O)(=O)c1ccccc1NCCCc1ccccc1. The van der Waals surface area contributed by atoms with Crippen molar-refractivity contribution in [2.75, 3.05) is 18.1 Å². The van der Waals surface area contributed by atoms with Gasteiger partial charge in [-0.3, -0.25) is 0 Å². The van der Waals surface area contributed by atoms with Crippen molar-refractivity contribution in [3.63, 3.8) is 0 Å². The molecule has 20 heavy (non-hydrogen) atoms. The molecule has 0 bridgehead atoms. The van der Waals surface area contributed by atoms with Crippen LogP contribution in [0.25, 0.3) is 0 Å². The molecule has 0 fully saturated rings. The maximum atomic E-state index is 11.7. The highest BCUT2D eigenvalue weighted by molar-refractivity contribution is 7.90. The molecule has 0 aliphatic rings. The van der Waals surface area contributed by atoms with E-state index in [1.807, 2.05) is 24.3 Å². The quantitative estimate of drug-likeness (QED) is 0.831. The zero-order valence-corrected chi connectivity index (χ0v) is 12.4. The summed E-state index contributed by atoms with van der Waals surface area (Å²) < 4.78 is 23.3. The molecular formula is C16H19NO2S. The first kappa shape index (κ1) is 14.6. The van der Waals surface area contributed by atoms with Gasteiger partial charge in [0.2, 0.25) is 0 Å². The maximum absolute atomic E-state index is 11.7. The summed E-state index contributed by atoms with van der Waals surface area (Å²) in [6.45, 7) is 0.751. The van der Waals surface area contributed by atoms with Crippen LogP contribution in [0.2, 0.25) is 0 Å². The predicted molar refractivity (Wildman–Crippen MR) is 82.8 cm³/mol. The van der Waals surface area contributed by atoms with Crippen molar-refractivity contribution in [1.82, 2.24) is 0 Å². The van der Waals surface area contributed by atoms with Gasteiger partial charge < -0.3 is 5.32 Å². The van der Waals surface area contributed by atoms with Crippen molar-refractivity contribution in [3.05, 3.63) is 60.2 Å². The van der Waals surface area contributed by atoms with Crippen LogP contribution in [0.3, 0.4) is 0 Å². The highest BCUT2D eigenvalue weighted by atomic mass is 32.2. The van der Waals surface area contributed by atoms with Gasteiger partial charge in [0.15, 0.2) is 9.84 Å². The Morgan fingerprint density at radius 2 is 1.60 bits per heavy atom. The summed E-state index contributed by atoms with van der Waals surface area (Å²) >= 11 is 0. The molecule has 0 amide bonds. The molecule has 2 aromatic carbocycles. The van der Waals surface area contributed by atoms with Crippen LogP contribution in [0.15, 0.2) is 59.5 Å². The first-order chi connectivity index (χ1) is 9.57. The molecule has 0 aliphatic heterocycles. The molecule has 0 aliphatic carbocycles. The van der Waals surface area contributed by atoms with Gasteiger partial charge >= 0.3 is 0 Å². The third-order valence-electron chi connectivity index (χ3n) is 3.09. The Bertz CT molecular complexity index is 651. The van der Waals surface area contributed by atoms with Crippen molar-refractivity contribution >= 4 is 15.5 Å². The third kappa shape index (κ3) is 4.10. The van der Waals surface area contributed by atoms with E-state index in [1.165, 1.54) is 11.8 Å². The van der Waals surface area contributed by atoms with Crippen LogP contribution < -0.4 is 5.32 Å². The molecule has 0 aromatic heterocycles. The maximum Gasteiger partial charge on any atom is 0.177 e. The van der Waals surface area contributed by atoms with Crippen molar-refractivity contribution in [3.8, 4) is 0 Å². The second kappa shape index (κ2) is 6.57. The molecular weight excluding hydrogens is 270 g/mol. The van der Waals surface area contributed by atoms with E-state index in [4.69, 9.17) is 0 Å². The molecule has 0 saturated carbocycles. The number of anilines is 1. The van der Waals surface area contributed by atoms with E-state index in [9.17, 15) is 8.42 Å². The van der Waals surface area contributed by atoms with Crippen molar-refractivity contribution < 1.29 is 8.42 Å². The summed E-state index contributed by atoms with van der Waals surface area (Å²) in [7, 11) is -3.19. The van der Waals surface area contributed by atoms with Crippen LogP contribution in [0.1, 0.15) is 12.0 Å². The number of rotatable bonds is 6. The van der Waals surface area contributed by atoms with E-state index in [-0.39, 0.29) is 0 Å². The van der Waals surface area contributed by atoms with Gasteiger partial charge in [-0.2, -0.15) is 0 Å². The van der Waals surface area contributed by atoms with Crippen LogP contribution in [-0.2, 0) is 16.3 Å². The number of hydrogen-bond donors (Lipinski definition) is 1. The van der Waals surface area contributed by atoms with Crippen LogP contribution in [0.5, 0.6) is 0 Å². The lowest BCUT2D eigenvalue weighted by Gasteiger charge is -2.10. The van der Waals surface area contributed by atoms with Gasteiger partial charge in [0, 0.05) is 12.8 Å². The normalized spacial score (nSPS) is 11.2. The Hall–Kier alpha value is -1.81. The lowest BCUT2D eigenvalue weighted by atomic mass is 10.1. The summed E-state index contributed by atoms with van der Waals surface area (Å²) in [5.41, 5.74) is 1.98. The summed E-state index contributed by atoms with van der Waals surface area (Å²) in [6.07, 6.45) is 3.18. The molecule has 2 aromatic rings. The zero-order chi connectivity index (χ0) is 14.4. The van der Waals surface area contributed by atoms with Gasteiger partial charge in [0.25, 0.3) is 0 Å². The minimum absolute atomic E-state index is 0.361. The molecule has 106 valence electrons. The standard InChI is InChI=1S/C16H19NO2S/c1-20(18,19)16-12-6-5-11-15(16)17-13-7-10-14-8-3-2-4-9-14/h2-6,8-9,11-12,17H,7,10,13H2,1H3. The molecule has 0 spiro atoms. The monoisotopic (exact) mass is 289 g/mol. The van der Waals surface area contributed by atoms with E-state index >= 15 is 0 Å². The minimum Gasteiger partial charge on any atom is -0.384 e. The number of para-hydroxylation sites is 1. The van der Waals surface area contributed by atoms with Crippen molar-refractivity contribution in [2.24, 2.45) is 0 Å². The number of aryl methyl sites for hydroxylation is 1. The van der Waals surface area contributed by atoms with Gasteiger partial charge in [0.1, 0.15) is 0 Å². The molecule has 1 N–H and O–H groups in total. The molecule has 3 nitrogen and oxygen atoms in total. The molecule has 4 heteroatoms. The molecule has 0 heterocycles. The molecule has 0 saturated heterocycles. The lowest BCUT2D eigenvalue weighted by molar-refractivity contribution is 0.602. The van der Waals surface area contributed by atoms with Crippen LogP contribution in [0, 0.1) is 0 Å². The Labute approximate surface area is 120 Å². The van der Waals surface area contributed by atoms with Gasteiger partial charge in [-0.1, -0.05) is 42.5 Å². The van der Waals surface area contributed by atoms with Crippen LogP contribution in [0.4, 0.5) is 5.69 Å². The smallest absolute Gasteiger partial charge is 0.177 e. The van der Waals surface area contributed by atoms with Crippen LogP contribution in [-0.4, -0.2) is 21.2 Å². The van der Waals surface area contributed by atoms with E-state index in [0.29, 0.717) is 10.6 Å². The topological polar surface area (TPSA) is 46.2 Å². The molecule has 0 unspecified atom stereocenters. The fourth-order valence-corrected chi connectivity index (χ4v) is 2.96. The first-order valence-electron chi connectivity index (χ1n) is 6.64. The predicted octanol–water partition coefficient (Wildman–Crippen LogP) is 3.13. The first-order valence-corrected chi connectivity index (χ1v) is 8.53. The number of benzene rings is 2. The summed E-state index contributed by atoms with van der Waals surface area (Å²) in [5, 5.41) is 3.21. The fourth-order valence-electron chi connectivity index (χ4n) is 2.10. The Morgan fingerprint density at radius 1 is 0.950 bits per heavy atom. The molecule has 2 rings (SSSR count). The number of hydrogen-bond acceptors (Lipinski definition) is 3. The second-order valence-corrected chi connectivity index (χ2v) is 6.77.